The predicted molar refractivity (Wildman–Crippen MR) is 137 cm³/mol. The second-order valence-corrected chi connectivity index (χ2v) is 7.92. The summed E-state index contributed by atoms with van der Waals surface area (Å²) in [7, 11) is -0.908. The molecular formula is C24H54B2O6. The summed E-state index contributed by atoms with van der Waals surface area (Å²) in [6.45, 7) is 17.2. The van der Waals surface area contributed by atoms with E-state index in [2.05, 4.69) is 41.5 Å². The van der Waals surface area contributed by atoms with Crippen molar-refractivity contribution in [2.45, 2.75) is 119 Å². The molecule has 0 aliphatic carbocycles. The van der Waals surface area contributed by atoms with E-state index in [4.69, 9.17) is 27.9 Å². The van der Waals surface area contributed by atoms with Crippen molar-refractivity contribution < 1.29 is 27.9 Å². The highest BCUT2D eigenvalue weighted by molar-refractivity contribution is 6.36. The highest BCUT2D eigenvalue weighted by atomic mass is 16.7. The Morgan fingerprint density at radius 3 is 0.594 bits per heavy atom. The van der Waals surface area contributed by atoms with Crippen molar-refractivity contribution >= 4 is 14.6 Å². The topological polar surface area (TPSA) is 55.4 Å². The van der Waals surface area contributed by atoms with Crippen LogP contribution in [0.3, 0.4) is 0 Å². The van der Waals surface area contributed by atoms with Crippen LogP contribution in [0.25, 0.3) is 0 Å². The van der Waals surface area contributed by atoms with Crippen LogP contribution >= 0.6 is 0 Å². The molecule has 6 nitrogen and oxygen atoms in total. The Bertz CT molecular complexity index is 249. The quantitative estimate of drug-likeness (QED) is 0.116. The standard InChI is InChI=1S/2C12H27BO3/c2*1-4-7-10-14-13(15-11-8-5-2)16-12-9-6-3/h2*4-12H2,1-3H3. The molecule has 32 heavy (non-hydrogen) atoms. The molecule has 0 aliphatic heterocycles. The van der Waals surface area contributed by atoms with Crippen molar-refractivity contribution in [3.63, 3.8) is 0 Å². The first kappa shape index (κ1) is 34.1. The lowest BCUT2D eigenvalue weighted by atomic mass is 10.2. The van der Waals surface area contributed by atoms with Crippen LogP contribution in [0.15, 0.2) is 0 Å². The van der Waals surface area contributed by atoms with Crippen molar-refractivity contribution in [3.8, 4) is 0 Å². The molecule has 0 N–H and O–H groups in total. The molecule has 0 aromatic carbocycles. The van der Waals surface area contributed by atoms with E-state index in [1.54, 1.807) is 0 Å². The molecule has 0 atom stereocenters. The molecule has 0 fully saturated rings. The van der Waals surface area contributed by atoms with Crippen LogP contribution in [0.1, 0.15) is 119 Å². The molecular weight excluding hydrogens is 406 g/mol. The van der Waals surface area contributed by atoms with Crippen LogP contribution in [0.4, 0.5) is 0 Å². The Hall–Kier alpha value is -0.110. The Labute approximate surface area is 201 Å². The van der Waals surface area contributed by atoms with Gasteiger partial charge < -0.3 is 27.9 Å². The van der Waals surface area contributed by atoms with E-state index in [-0.39, 0.29) is 0 Å². The zero-order valence-electron chi connectivity index (χ0n) is 22.3. The van der Waals surface area contributed by atoms with E-state index in [1.807, 2.05) is 0 Å². The number of unbranched alkanes of at least 4 members (excludes halogenated alkanes) is 6. The van der Waals surface area contributed by atoms with E-state index >= 15 is 0 Å². The maximum atomic E-state index is 5.53. The molecule has 0 saturated carbocycles. The van der Waals surface area contributed by atoms with Gasteiger partial charge in [-0.25, -0.2) is 0 Å². The molecule has 0 aliphatic rings. The summed E-state index contributed by atoms with van der Waals surface area (Å²) in [6.07, 6.45) is 13.2. The first-order valence-corrected chi connectivity index (χ1v) is 13.4. The number of hydrogen-bond donors (Lipinski definition) is 0. The summed E-state index contributed by atoms with van der Waals surface area (Å²) in [5.41, 5.74) is 0. The zero-order chi connectivity index (χ0) is 24.1. The molecule has 0 aromatic heterocycles. The van der Waals surface area contributed by atoms with Crippen molar-refractivity contribution in [2.24, 2.45) is 0 Å². The van der Waals surface area contributed by atoms with E-state index in [9.17, 15) is 0 Å². The summed E-state index contributed by atoms with van der Waals surface area (Å²) >= 11 is 0. The minimum Gasteiger partial charge on any atom is -0.386 e. The van der Waals surface area contributed by atoms with Gasteiger partial charge in [-0.15, -0.1) is 0 Å². The fraction of sp³-hybridized carbons (Fsp3) is 1.00. The Balaban J connectivity index is 0. The Morgan fingerprint density at radius 1 is 0.312 bits per heavy atom. The zero-order valence-corrected chi connectivity index (χ0v) is 22.3. The van der Waals surface area contributed by atoms with Gasteiger partial charge in [0.1, 0.15) is 0 Å². The van der Waals surface area contributed by atoms with E-state index in [0.29, 0.717) is 0 Å². The predicted octanol–water partition coefficient (Wildman–Crippen LogP) is 6.84. The monoisotopic (exact) mass is 460 g/mol. The smallest absolute Gasteiger partial charge is 0.386 e. The molecule has 0 radical (unpaired) electrons. The molecule has 0 spiro atoms. The third-order valence-corrected chi connectivity index (χ3v) is 4.51. The summed E-state index contributed by atoms with van der Waals surface area (Å²) in [5.74, 6) is 0. The van der Waals surface area contributed by atoms with Gasteiger partial charge in [-0.1, -0.05) is 80.1 Å². The van der Waals surface area contributed by atoms with Crippen molar-refractivity contribution in [1.82, 2.24) is 0 Å². The van der Waals surface area contributed by atoms with Gasteiger partial charge in [0.2, 0.25) is 0 Å². The SMILES string of the molecule is CCCCOB(OCCCC)OCCCC.CCCCOB(OCCCC)OCCCC. The van der Waals surface area contributed by atoms with Crippen LogP contribution in [0.2, 0.25) is 0 Å². The number of hydrogen-bond acceptors (Lipinski definition) is 6. The van der Waals surface area contributed by atoms with Crippen LogP contribution in [-0.2, 0) is 27.9 Å². The summed E-state index contributed by atoms with van der Waals surface area (Å²) < 4.78 is 33.2. The molecule has 0 heterocycles. The third-order valence-electron chi connectivity index (χ3n) is 4.51. The minimum atomic E-state index is -0.454. The van der Waals surface area contributed by atoms with Crippen molar-refractivity contribution in [2.75, 3.05) is 39.6 Å². The Morgan fingerprint density at radius 2 is 0.469 bits per heavy atom. The van der Waals surface area contributed by atoms with E-state index < -0.39 is 14.6 Å². The van der Waals surface area contributed by atoms with Gasteiger partial charge in [-0.3, -0.25) is 0 Å². The van der Waals surface area contributed by atoms with E-state index in [1.165, 1.54) is 0 Å². The van der Waals surface area contributed by atoms with E-state index in [0.717, 1.165) is 117 Å². The van der Waals surface area contributed by atoms with Gasteiger partial charge in [-0.2, -0.15) is 0 Å². The van der Waals surface area contributed by atoms with Crippen molar-refractivity contribution in [1.29, 1.82) is 0 Å². The lowest BCUT2D eigenvalue weighted by molar-refractivity contribution is 0.0893. The average molecular weight is 460 g/mol. The van der Waals surface area contributed by atoms with Crippen molar-refractivity contribution in [3.05, 3.63) is 0 Å². The molecule has 192 valence electrons. The highest BCUT2D eigenvalue weighted by Gasteiger charge is 2.21. The molecule has 8 heteroatoms. The van der Waals surface area contributed by atoms with Crippen LogP contribution in [-0.4, -0.2) is 54.3 Å². The van der Waals surface area contributed by atoms with Crippen LogP contribution < -0.4 is 0 Å². The second-order valence-electron chi connectivity index (χ2n) is 7.92. The highest BCUT2D eigenvalue weighted by Crippen LogP contribution is 2.01. The lowest BCUT2D eigenvalue weighted by Gasteiger charge is -2.14. The first-order chi connectivity index (χ1) is 15.7. The molecule has 0 unspecified atom stereocenters. The fourth-order valence-corrected chi connectivity index (χ4v) is 2.23. The molecule has 0 amide bonds. The maximum Gasteiger partial charge on any atom is 0.639 e. The fourth-order valence-electron chi connectivity index (χ4n) is 2.23. The number of rotatable bonds is 24. The normalized spacial score (nSPS) is 10.7. The summed E-state index contributed by atoms with van der Waals surface area (Å²) in [4.78, 5) is 0. The molecule has 0 aromatic rings. The summed E-state index contributed by atoms with van der Waals surface area (Å²) in [5, 5.41) is 0. The molecule has 0 saturated heterocycles. The molecule has 0 bridgehead atoms. The molecule has 0 rings (SSSR count). The van der Waals surface area contributed by atoms with Crippen LogP contribution in [0.5, 0.6) is 0 Å². The average Bonchev–Trinajstić information content (AvgIpc) is 2.80. The van der Waals surface area contributed by atoms with Gasteiger partial charge in [-0.05, 0) is 38.5 Å². The van der Waals surface area contributed by atoms with Gasteiger partial charge >= 0.3 is 14.6 Å². The second kappa shape index (κ2) is 30.9. The first-order valence-electron chi connectivity index (χ1n) is 13.4. The van der Waals surface area contributed by atoms with Gasteiger partial charge in [0, 0.05) is 39.6 Å². The van der Waals surface area contributed by atoms with Gasteiger partial charge in [0.05, 0.1) is 0 Å². The van der Waals surface area contributed by atoms with Crippen LogP contribution in [0, 0.1) is 0 Å². The third kappa shape index (κ3) is 27.9. The summed E-state index contributed by atoms with van der Waals surface area (Å²) in [6, 6.07) is 0. The Kier molecular flexibility index (Phi) is 32.9. The maximum absolute atomic E-state index is 5.53. The van der Waals surface area contributed by atoms with Gasteiger partial charge in [0.15, 0.2) is 0 Å². The minimum absolute atomic E-state index is 0.454. The van der Waals surface area contributed by atoms with Gasteiger partial charge in [0.25, 0.3) is 0 Å². The largest absolute Gasteiger partial charge is 0.639 e. The lowest BCUT2D eigenvalue weighted by Crippen LogP contribution is -2.28.